The Balaban J connectivity index is 1.93. The van der Waals surface area contributed by atoms with Crippen molar-refractivity contribution in [1.29, 1.82) is 0 Å². The van der Waals surface area contributed by atoms with Crippen molar-refractivity contribution in [3.8, 4) is 0 Å². The van der Waals surface area contributed by atoms with Crippen LogP contribution in [-0.2, 0) is 0 Å². The van der Waals surface area contributed by atoms with Crippen molar-refractivity contribution >= 4 is 11.6 Å². The molecule has 1 fully saturated rings. The van der Waals surface area contributed by atoms with E-state index in [1.165, 1.54) is 0 Å². The summed E-state index contributed by atoms with van der Waals surface area (Å²) in [4.78, 5) is 19.1. The number of piperidine rings is 1. The lowest BCUT2D eigenvalue weighted by Crippen LogP contribution is -2.44. The molecule has 3 heterocycles. The normalized spacial score (nSPS) is 19.1. The molecular formula is C16H21N3O2. The number of aliphatic hydroxyl groups excluding tert-OH is 1. The number of carbonyl (C=O) groups excluding carboxylic acids is 1. The number of rotatable bonds is 3. The first kappa shape index (κ1) is 14.1. The van der Waals surface area contributed by atoms with E-state index < -0.39 is 0 Å². The Morgan fingerprint density at radius 1 is 1.43 bits per heavy atom. The number of nitrogens with zero attached hydrogens (tertiary/aromatic N) is 3. The van der Waals surface area contributed by atoms with Gasteiger partial charge in [-0.3, -0.25) is 9.20 Å². The molecule has 21 heavy (non-hydrogen) atoms. The van der Waals surface area contributed by atoms with Gasteiger partial charge in [-0.05, 0) is 44.2 Å². The van der Waals surface area contributed by atoms with Crippen molar-refractivity contribution in [2.75, 3.05) is 13.2 Å². The Morgan fingerprint density at radius 3 is 3.10 bits per heavy atom. The second kappa shape index (κ2) is 5.85. The summed E-state index contributed by atoms with van der Waals surface area (Å²) in [6.07, 6.45) is 7.38. The van der Waals surface area contributed by atoms with Crippen LogP contribution in [0.1, 0.15) is 41.7 Å². The van der Waals surface area contributed by atoms with Crippen molar-refractivity contribution in [3.05, 3.63) is 35.8 Å². The van der Waals surface area contributed by atoms with Gasteiger partial charge in [0.2, 0.25) is 0 Å². The summed E-state index contributed by atoms with van der Waals surface area (Å²) < 4.78 is 1.86. The van der Waals surface area contributed by atoms with Gasteiger partial charge in [0.1, 0.15) is 11.3 Å². The Hall–Kier alpha value is -1.88. The van der Waals surface area contributed by atoms with Gasteiger partial charge in [-0.25, -0.2) is 4.98 Å². The molecule has 0 aliphatic carbocycles. The van der Waals surface area contributed by atoms with Gasteiger partial charge in [0, 0.05) is 25.4 Å². The van der Waals surface area contributed by atoms with E-state index in [9.17, 15) is 9.90 Å². The highest BCUT2D eigenvalue weighted by Crippen LogP contribution is 2.22. The highest BCUT2D eigenvalue weighted by molar-refractivity contribution is 5.93. The van der Waals surface area contributed by atoms with E-state index in [4.69, 9.17) is 0 Å². The summed E-state index contributed by atoms with van der Waals surface area (Å²) in [7, 11) is 0. The fourth-order valence-electron chi connectivity index (χ4n) is 3.11. The minimum atomic E-state index is 0.0197. The number of hydrogen-bond donors (Lipinski definition) is 1. The molecule has 5 heteroatoms. The molecule has 1 N–H and O–H groups in total. The van der Waals surface area contributed by atoms with Crippen LogP contribution in [0, 0.1) is 6.92 Å². The number of aryl methyl sites for hydroxylation is 1. The Kier molecular flexibility index (Phi) is 3.92. The van der Waals surface area contributed by atoms with E-state index >= 15 is 0 Å². The topological polar surface area (TPSA) is 57.8 Å². The Bertz CT molecular complexity index is 648. The summed E-state index contributed by atoms with van der Waals surface area (Å²) in [5.41, 5.74) is 2.50. The molecular weight excluding hydrogens is 266 g/mol. The number of amides is 1. The second-order valence-electron chi connectivity index (χ2n) is 5.74. The van der Waals surface area contributed by atoms with E-state index in [1.807, 2.05) is 34.6 Å². The van der Waals surface area contributed by atoms with Crippen molar-refractivity contribution in [1.82, 2.24) is 14.3 Å². The van der Waals surface area contributed by atoms with Gasteiger partial charge >= 0.3 is 0 Å². The molecule has 0 spiro atoms. The third-order valence-electron chi connectivity index (χ3n) is 4.22. The summed E-state index contributed by atoms with van der Waals surface area (Å²) in [6.45, 7) is 2.90. The van der Waals surface area contributed by atoms with Crippen LogP contribution in [0.15, 0.2) is 24.5 Å². The molecule has 0 aromatic carbocycles. The Labute approximate surface area is 124 Å². The molecule has 1 amide bonds. The highest BCUT2D eigenvalue weighted by Gasteiger charge is 2.28. The van der Waals surface area contributed by atoms with Crippen LogP contribution in [0.3, 0.4) is 0 Å². The lowest BCUT2D eigenvalue weighted by molar-refractivity contribution is 0.0567. The lowest BCUT2D eigenvalue weighted by atomic mass is 9.99. The van der Waals surface area contributed by atoms with Crippen LogP contribution >= 0.6 is 0 Å². The van der Waals surface area contributed by atoms with E-state index in [2.05, 4.69) is 4.98 Å². The standard InChI is InChI=1S/C16H21N3O2/c1-12-5-6-15-17-10-14(19(15)11-12)16(21)18-8-3-2-4-13(18)7-9-20/h5-6,10-11,13,20H,2-4,7-9H2,1H3. The number of aromatic nitrogens is 2. The number of imidazole rings is 1. The third kappa shape index (κ3) is 2.65. The average molecular weight is 287 g/mol. The second-order valence-corrected chi connectivity index (χ2v) is 5.74. The van der Waals surface area contributed by atoms with Crippen LogP contribution < -0.4 is 0 Å². The SMILES string of the molecule is Cc1ccc2ncc(C(=O)N3CCCCC3CCO)n2c1. The van der Waals surface area contributed by atoms with Gasteiger partial charge in [-0.1, -0.05) is 6.07 Å². The molecule has 2 aromatic rings. The van der Waals surface area contributed by atoms with Crippen molar-refractivity contribution in [2.45, 2.75) is 38.6 Å². The molecule has 3 rings (SSSR count). The number of aliphatic hydroxyl groups is 1. The molecule has 1 atom stereocenters. The molecule has 1 aliphatic heterocycles. The monoisotopic (exact) mass is 287 g/mol. The summed E-state index contributed by atoms with van der Waals surface area (Å²) >= 11 is 0. The molecule has 0 saturated carbocycles. The quantitative estimate of drug-likeness (QED) is 0.939. The maximum atomic E-state index is 12.9. The molecule has 0 radical (unpaired) electrons. The number of carbonyl (C=O) groups is 1. The molecule has 1 saturated heterocycles. The largest absolute Gasteiger partial charge is 0.396 e. The lowest BCUT2D eigenvalue weighted by Gasteiger charge is -2.35. The maximum absolute atomic E-state index is 12.9. The van der Waals surface area contributed by atoms with Crippen LogP contribution in [0.25, 0.3) is 5.65 Å². The zero-order valence-corrected chi connectivity index (χ0v) is 12.3. The highest BCUT2D eigenvalue weighted by atomic mass is 16.3. The summed E-state index contributed by atoms with van der Waals surface area (Å²) in [6, 6.07) is 4.06. The van der Waals surface area contributed by atoms with Crippen LogP contribution in [0.4, 0.5) is 0 Å². The third-order valence-corrected chi connectivity index (χ3v) is 4.22. The van der Waals surface area contributed by atoms with Crippen molar-refractivity contribution in [2.24, 2.45) is 0 Å². The van der Waals surface area contributed by atoms with Gasteiger partial charge in [0.05, 0.1) is 6.20 Å². The minimum Gasteiger partial charge on any atom is -0.396 e. The van der Waals surface area contributed by atoms with Gasteiger partial charge in [-0.15, -0.1) is 0 Å². The van der Waals surface area contributed by atoms with Crippen LogP contribution in [-0.4, -0.2) is 44.5 Å². The molecule has 2 aromatic heterocycles. The van der Waals surface area contributed by atoms with Gasteiger partial charge in [0.25, 0.3) is 5.91 Å². The van der Waals surface area contributed by atoms with E-state index in [-0.39, 0.29) is 18.6 Å². The number of pyridine rings is 1. The fourth-order valence-corrected chi connectivity index (χ4v) is 3.11. The number of fused-ring (bicyclic) bond motifs is 1. The zero-order valence-electron chi connectivity index (χ0n) is 12.3. The van der Waals surface area contributed by atoms with Crippen LogP contribution in [0.5, 0.6) is 0 Å². The minimum absolute atomic E-state index is 0.0197. The average Bonchev–Trinajstić information content (AvgIpc) is 2.90. The Morgan fingerprint density at radius 2 is 2.29 bits per heavy atom. The molecule has 1 unspecified atom stereocenters. The predicted molar refractivity (Wildman–Crippen MR) is 80.3 cm³/mol. The van der Waals surface area contributed by atoms with Gasteiger partial charge in [0.15, 0.2) is 0 Å². The first-order valence-electron chi connectivity index (χ1n) is 7.56. The maximum Gasteiger partial charge on any atom is 0.272 e. The zero-order chi connectivity index (χ0) is 14.8. The van der Waals surface area contributed by atoms with E-state index in [1.54, 1.807) is 6.20 Å². The number of hydrogen-bond acceptors (Lipinski definition) is 3. The van der Waals surface area contributed by atoms with Crippen molar-refractivity contribution < 1.29 is 9.90 Å². The van der Waals surface area contributed by atoms with Gasteiger partial charge < -0.3 is 10.0 Å². The van der Waals surface area contributed by atoms with Crippen molar-refractivity contribution in [3.63, 3.8) is 0 Å². The predicted octanol–water partition coefficient (Wildman–Crippen LogP) is 2.02. The number of likely N-dealkylation sites (tertiary alicyclic amines) is 1. The molecule has 0 bridgehead atoms. The fraction of sp³-hybridized carbons (Fsp3) is 0.500. The van der Waals surface area contributed by atoms with E-state index in [0.717, 1.165) is 37.0 Å². The molecule has 112 valence electrons. The smallest absolute Gasteiger partial charge is 0.272 e. The molecule has 1 aliphatic rings. The first-order valence-corrected chi connectivity index (χ1v) is 7.56. The van der Waals surface area contributed by atoms with Gasteiger partial charge in [-0.2, -0.15) is 0 Å². The molecule has 5 nitrogen and oxygen atoms in total. The van der Waals surface area contributed by atoms with E-state index in [0.29, 0.717) is 12.1 Å². The van der Waals surface area contributed by atoms with Crippen LogP contribution in [0.2, 0.25) is 0 Å². The summed E-state index contributed by atoms with van der Waals surface area (Å²) in [5.74, 6) is 0.0197. The summed E-state index contributed by atoms with van der Waals surface area (Å²) in [5, 5.41) is 9.20. The first-order chi connectivity index (χ1) is 10.2.